The van der Waals surface area contributed by atoms with E-state index in [-0.39, 0.29) is 19.9 Å². The molecule has 0 aromatic heterocycles. The molecule has 0 unspecified atom stereocenters. The van der Waals surface area contributed by atoms with E-state index in [1.807, 2.05) is 0 Å². The van der Waals surface area contributed by atoms with Gasteiger partial charge in [0, 0.05) is 19.2 Å². The molecule has 1 aromatic carbocycles. The quantitative estimate of drug-likeness (QED) is 0.743. The van der Waals surface area contributed by atoms with Gasteiger partial charge in [0.2, 0.25) is 6.79 Å². The number of likely N-dealkylation sites (tertiary alicyclic amines) is 1. The van der Waals surface area contributed by atoms with E-state index in [2.05, 4.69) is 5.32 Å². The van der Waals surface area contributed by atoms with Crippen LogP contribution in [0.5, 0.6) is 17.2 Å². The lowest BCUT2D eigenvalue weighted by Crippen LogP contribution is -2.41. The Labute approximate surface area is 151 Å². The highest BCUT2D eigenvalue weighted by Gasteiger charge is 2.53. The molecule has 2 atom stereocenters. The van der Waals surface area contributed by atoms with Gasteiger partial charge in [-0.05, 0) is 12.1 Å². The number of alkyl halides is 3. The molecule has 2 heterocycles. The number of nitrogens with zero attached hydrogens (tertiary/aromatic N) is 1. The predicted molar refractivity (Wildman–Crippen MR) is 83.7 cm³/mol. The topological polar surface area (TPSA) is 97.3 Å². The molecule has 2 N–H and O–H groups in total. The number of carbonyl (C=O) groups is 2. The summed E-state index contributed by atoms with van der Waals surface area (Å²) in [6.45, 7) is -0.937. The average Bonchev–Trinajstić information content (AvgIpc) is 3.24. The van der Waals surface area contributed by atoms with E-state index < -0.39 is 43.1 Å². The molecule has 3 rings (SSSR count). The number of aliphatic carboxylic acids is 1. The zero-order valence-electron chi connectivity index (χ0n) is 14.0. The van der Waals surface area contributed by atoms with Crippen molar-refractivity contribution in [3.63, 3.8) is 0 Å². The van der Waals surface area contributed by atoms with Crippen LogP contribution in [0.15, 0.2) is 18.2 Å². The Morgan fingerprint density at radius 3 is 2.67 bits per heavy atom. The van der Waals surface area contributed by atoms with Crippen molar-refractivity contribution < 1.29 is 42.1 Å². The maximum Gasteiger partial charge on any atom is 0.394 e. The first-order valence-electron chi connectivity index (χ1n) is 8.10. The molecule has 2 amide bonds. The van der Waals surface area contributed by atoms with E-state index in [1.165, 1.54) is 0 Å². The molecule has 8 nitrogen and oxygen atoms in total. The summed E-state index contributed by atoms with van der Waals surface area (Å²) in [6, 6.07) is 4.18. The van der Waals surface area contributed by atoms with Gasteiger partial charge in [0.15, 0.2) is 11.5 Å². The number of halogens is 3. The van der Waals surface area contributed by atoms with Crippen LogP contribution >= 0.6 is 0 Å². The summed E-state index contributed by atoms with van der Waals surface area (Å²) in [7, 11) is 0. The molecule has 0 saturated carbocycles. The smallest absolute Gasteiger partial charge is 0.394 e. The van der Waals surface area contributed by atoms with E-state index in [1.54, 1.807) is 18.2 Å². The minimum absolute atomic E-state index is 0.0399. The lowest BCUT2D eigenvalue weighted by molar-refractivity contribution is -0.187. The highest BCUT2D eigenvalue weighted by molar-refractivity contribution is 5.77. The summed E-state index contributed by atoms with van der Waals surface area (Å²) in [6.07, 6.45) is -4.68. The van der Waals surface area contributed by atoms with Crippen LogP contribution in [0.4, 0.5) is 18.0 Å². The van der Waals surface area contributed by atoms with Crippen molar-refractivity contribution in [2.45, 2.75) is 6.18 Å². The molecular formula is C16H17F3N2O6. The first-order valence-corrected chi connectivity index (χ1v) is 8.10. The number of benzene rings is 1. The van der Waals surface area contributed by atoms with Gasteiger partial charge >= 0.3 is 18.2 Å². The maximum absolute atomic E-state index is 12.9. The number of nitrogens with one attached hydrogen (secondary N) is 1. The Kier molecular flexibility index (Phi) is 5.19. The zero-order valence-corrected chi connectivity index (χ0v) is 14.0. The molecule has 1 fully saturated rings. The molecule has 0 aliphatic carbocycles. The maximum atomic E-state index is 12.9. The number of urea groups is 1. The minimum atomic E-state index is -4.68. The van der Waals surface area contributed by atoms with Crippen LogP contribution in [0.2, 0.25) is 0 Å². The third-order valence-corrected chi connectivity index (χ3v) is 4.34. The lowest BCUT2D eigenvalue weighted by atomic mass is 9.96. The fraction of sp³-hybridized carbons (Fsp3) is 0.500. The first kappa shape index (κ1) is 18.9. The third kappa shape index (κ3) is 4.29. The molecule has 0 radical (unpaired) electrons. The van der Waals surface area contributed by atoms with Crippen molar-refractivity contribution in [3.8, 4) is 17.2 Å². The number of hydrogen-bond donors (Lipinski definition) is 2. The fourth-order valence-corrected chi connectivity index (χ4v) is 2.96. The number of hydrogen-bond acceptors (Lipinski definition) is 5. The number of carboxylic acids is 1. The Morgan fingerprint density at radius 2 is 2.00 bits per heavy atom. The molecule has 2 aliphatic rings. The van der Waals surface area contributed by atoms with Crippen LogP contribution < -0.4 is 19.5 Å². The van der Waals surface area contributed by atoms with Crippen molar-refractivity contribution in [3.05, 3.63) is 18.2 Å². The van der Waals surface area contributed by atoms with Crippen LogP contribution in [0.3, 0.4) is 0 Å². The summed E-state index contributed by atoms with van der Waals surface area (Å²) in [5, 5.41) is 11.4. The molecular weight excluding hydrogens is 373 g/mol. The number of carboxylic acid groups (broad SMARTS) is 1. The molecule has 1 saturated heterocycles. The normalized spacial score (nSPS) is 21.2. The number of fused-ring (bicyclic) bond motifs is 1. The number of ether oxygens (including phenoxy) is 3. The van der Waals surface area contributed by atoms with Gasteiger partial charge in [-0.15, -0.1) is 0 Å². The molecule has 1 aromatic rings. The minimum Gasteiger partial charge on any atom is -0.492 e. The van der Waals surface area contributed by atoms with E-state index in [4.69, 9.17) is 19.3 Å². The monoisotopic (exact) mass is 390 g/mol. The van der Waals surface area contributed by atoms with Gasteiger partial charge in [-0.2, -0.15) is 13.2 Å². The SMILES string of the molecule is O=C(O)[C@@H]1CN(C(=O)NCCOc2ccc3c(c2)OCO3)C[C@H]1C(F)(F)F. The Hall–Kier alpha value is -2.85. The summed E-state index contributed by atoms with van der Waals surface area (Å²) < 4.78 is 54.6. The highest BCUT2D eigenvalue weighted by Crippen LogP contribution is 2.38. The van der Waals surface area contributed by atoms with E-state index in [0.29, 0.717) is 17.2 Å². The van der Waals surface area contributed by atoms with Gasteiger partial charge in [0.1, 0.15) is 12.4 Å². The molecule has 0 spiro atoms. The Morgan fingerprint density at radius 1 is 1.26 bits per heavy atom. The summed E-state index contributed by atoms with van der Waals surface area (Å²) in [5.74, 6) is -3.70. The third-order valence-electron chi connectivity index (χ3n) is 4.34. The second-order valence-electron chi connectivity index (χ2n) is 6.09. The summed E-state index contributed by atoms with van der Waals surface area (Å²) in [4.78, 5) is 23.9. The number of rotatable bonds is 5. The Bertz CT molecular complexity index is 727. The van der Waals surface area contributed by atoms with Crippen molar-refractivity contribution in [2.24, 2.45) is 11.8 Å². The standard InChI is InChI=1S/C16H17F3N2O6/c17-16(18,19)11-7-21(6-10(11)14(22)23)15(24)20-3-4-25-9-1-2-12-13(5-9)27-8-26-12/h1-2,5,10-11H,3-4,6-8H2,(H,20,24)(H,22,23)/t10-,11-/m1/s1. The lowest BCUT2D eigenvalue weighted by Gasteiger charge is -2.18. The van der Waals surface area contributed by atoms with Crippen molar-refractivity contribution >= 4 is 12.0 Å². The van der Waals surface area contributed by atoms with Crippen molar-refractivity contribution in [1.29, 1.82) is 0 Å². The number of carbonyl (C=O) groups excluding carboxylic acids is 1. The predicted octanol–water partition coefficient (Wildman–Crippen LogP) is 1.70. The van der Waals surface area contributed by atoms with Gasteiger partial charge in [0.25, 0.3) is 0 Å². The molecule has 0 bridgehead atoms. The van der Waals surface area contributed by atoms with Crippen molar-refractivity contribution in [2.75, 3.05) is 33.0 Å². The molecule has 27 heavy (non-hydrogen) atoms. The van der Waals surface area contributed by atoms with E-state index in [0.717, 1.165) is 4.90 Å². The first-order chi connectivity index (χ1) is 12.8. The molecule has 148 valence electrons. The van der Waals surface area contributed by atoms with Gasteiger partial charge in [-0.25, -0.2) is 4.79 Å². The summed E-state index contributed by atoms with van der Waals surface area (Å²) in [5.41, 5.74) is 0. The van der Waals surface area contributed by atoms with Crippen LogP contribution in [0.25, 0.3) is 0 Å². The van der Waals surface area contributed by atoms with Gasteiger partial charge in [-0.3, -0.25) is 4.79 Å². The average molecular weight is 390 g/mol. The second kappa shape index (κ2) is 7.41. The van der Waals surface area contributed by atoms with Crippen molar-refractivity contribution in [1.82, 2.24) is 10.2 Å². The van der Waals surface area contributed by atoms with Gasteiger partial charge in [0.05, 0.1) is 18.4 Å². The highest BCUT2D eigenvalue weighted by atomic mass is 19.4. The summed E-state index contributed by atoms with van der Waals surface area (Å²) >= 11 is 0. The Balaban J connectivity index is 1.46. The largest absolute Gasteiger partial charge is 0.492 e. The van der Waals surface area contributed by atoms with E-state index in [9.17, 15) is 22.8 Å². The van der Waals surface area contributed by atoms with Gasteiger partial charge < -0.3 is 29.5 Å². The molecule has 11 heteroatoms. The fourth-order valence-electron chi connectivity index (χ4n) is 2.96. The number of amides is 2. The van der Waals surface area contributed by atoms with Crippen LogP contribution in [0.1, 0.15) is 0 Å². The molecule has 2 aliphatic heterocycles. The van der Waals surface area contributed by atoms with Crippen LogP contribution in [0, 0.1) is 11.8 Å². The second-order valence-corrected chi connectivity index (χ2v) is 6.09. The van der Waals surface area contributed by atoms with Crippen LogP contribution in [-0.4, -0.2) is 61.2 Å². The van der Waals surface area contributed by atoms with Crippen LogP contribution in [-0.2, 0) is 4.79 Å². The van der Waals surface area contributed by atoms with Gasteiger partial charge in [-0.1, -0.05) is 0 Å². The van der Waals surface area contributed by atoms with E-state index >= 15 is 0 Å². The zero-order chi connectivity index (χ0) is 19.6.